The van der Waals surface area contributed by atoms with Gasteiger partial charge in [-0.05, 0) is 24.3 Å². The second-order valence-electron chi connectivity index (χ2n) is 3.36. The van der Waals surface area contributed by atoms with Crippen molar-refractivity contribution in [1.82, 2.24) is 9.78 Å². The number of rotatable bonds is 2. The number of hydrogen-bond acceptors (Lipinski definition) is 2. The average molecular weight is 283 g/mol. The van der Waals surface area contributed by atoms with Crippen LogP contribution in [0.15, 0.2) is 34.9 Å². The van der Waals surface area contributed by atoms with Crippen molar-refractivity contribution in [2.75, 3.05) is 0 Å². The molecular formula is C11H8BrFN2O. The topological polar surface area (TPSA) is 34.9 Å². The largest absolute Gasteiger partial charge is 0.287 e. The molecule has 0 N–H and O–H groups in total. The molecule has 0 aliphatic carbocycles. The van der Waals surface area contributed by atoms with Gasteiger partial charge < -0.3 is 0 Å². The maximum absolute atomic E-state index is 13.1. The monoisotopic (exact) mass is 282 g/mol. The first-order valence-electron chi connectivity index (χ1n) is 4.57. The van der Waals surface area contributed by atoms with Crippen molar-refractivity contribution >= 4 is 21.7 Å². The lowest BCUT2D eigenvalue weighted by atomic mass is 10.1. The molecule has 0 atom stereocenters. The first-order chi connectivity index (χ1) is 7.56. The Hall–Kier alpha value is -1.49. The molecule has 2 rings (SSSR count). The van der Waals surface area contributed by atoms with E-state index in [0.717, 1.165) is 0 Å². The van der Waals surface area contributed by atoms with Gasteiger partial charge in [0.1, 0.15) is 11.5 Å². The minimum absolute atomic E-state index is 0.283. The second-order valence-corrected chi connectivity index (χ2v) is 4.28. The fraction of sp³-hybridized carbons (Fsp3) is 0.0909. The van der Waals surface area contributed by atoms with Crippen LogP contribution in [0.3, 0.4) is 0 Å². The van der Waals surface area contributed by atoms with Crippen molar-refractivity contribution < 1.29 is 9.18 Å². The number of halogens is 2. The summed E-state index contributed by atoms with van der Waals surface area (Å²) in [6, 6.07) is 5.66. The van der Waals surface area contributed by atoms with Gasteiger partial charge in [-0.15, -0.1) is 0 Å². The molecule has 3 nitrogen and oxygen atoms in total. The van der Waals surface area contributed by atoms with Crippen LogP contribution in [-0.2, 0) is 7.05 Å². The molecule has 82 valence electrons. The maximum Gasteiger partial charge on any atom is 0.213 e. The van der Waals surface area contributed by atoms with Gasteiger partial charge in [0.05, 0.1) is 0 Å². The number of nitrogens with zero attached hydrogens (tertiary/aromatic N) is 2. The van der Waals surface area contributed by atoms with Crippen molar-refractivity contribution in [2.45, 2.75) is 0 Å². The van der Waals surface area contributed by atoms with Crippen LogP contribution in [-0.4, -0.2) is 15.6 Å². The zero-order valence-electron chi connectivity index (χ0n) is 8.45. The lowest BCUT2D eigenvalue weighted by molar-refractivity contribution is 0.103. The summed E-state index contributed by atoms with van der Waals surface area (Å²) in [5.41, 5.74) is 0.588. The van der Waals surface area contributed by atoms with E-state index in [-0.39, 0.29) is 11.3 Å². The van der Waals surface area contributed by atoms with Gasteiger partial charge in [-0.25, -0.2) is 4.39 Å². The van der Waals surface area contributed by atoms with Gasteiger partial charge in [-0.1, -0.05) is 15.9 Å². The van der Waals surface area contributed by atoms with E-state index in [9.17, 15) is 9.18 Å². The summed E-state index contributed by atoms with van der Waals surface area (Å²) < 4.78 is 15.2. The number of benzene rings is 1. The van der Waals surface area contributed by atoms with Gasteiger partial charge >= 0.3 is 0 Å². The smallest absolute Gasteiger partial charge is 0.213 e. The first-order valence-corrected chi connectivity index (χ1v) is 5.36. The Morgan fingerprint density at radius 2 is 2.19 bits per heavy atom. The number of aromatic nitrogens is 2. The number of carbonyl (C=O) groups excluding carboxylic acids is 1. The molecule has 16 heavy (non-hydrogen) atoms. The maximum atomic E-state index is 13.1. The van der Waals surface area contributed by atoms with Gasteiger partial charge in [0, 0.05) is 23.3 Å². The van der Waals surface area contributed by atoms with Crippen molar-refractivity contribution in [3.63, 3.8) is 0 Å². The molecule has 5 heteroatoms. The highest BCUT2D eigenvalue weighted by Gasteiger charge is 2.13. The van der Waals surface area contributed by atoms with Crippen molar-refractivity contribution in [1.29, 1.82) is 0 Å². The lowest BCUT2D eigenvalue weighted by Gasteiger charge is -1.99. The highest BCUT2D eigenvalue weighted by molar-refractivity contribution is 9.10. The van der Waals surface area contributed by atoms with E-state index in [1.54, 1.807) is 25.4 Å². The summed E-state index contributed by atoms with van der Waals surface area (Å²) in [7, 11) is 1.72. The molecule has 1 aromatic heterocycles. The van der Waals surface area contributed by atoms with Gasteiger partial charge in [-0.2, -0.15) is 5.10 Å². The van der Waals surface area contributed by atoms with E-state index in [4.69, 9.17) is 0 Å². The first kappa shape index (κ1) is 11.0. The van der Waals surface area contributed by atoms with E-state index in [2.05, 4.69) is 21.0 Å². The van der Waals surface area contributed by atoms with Crippen LogP contribution in [0.4, 0.5) is 4.39 Å². The minimum Gasteiger partial charge on any atom is -0.287 e. The summed E-state index contributed by atoms with van der Waals surface area (Å²) in [5.74, 6) is -0.741. The summed E-state index contributed by atoms with van der Waals surface area (Å²) in [4.78, 5) is 11.9. The van der Waals surface area contributed by atoms with Crippen LogP contribution < -0.4 is 0 Å². The van der Waals surface area contributed by atoms with Gasteiger partial charge in [0.2, 0.25) is 5.78 Å². The molecule has 0 amide bonds. The number of aryl methyl sites for hydroxylation is 1. The molecule has 0 saturated carbocycles. The van der Waals surface area contributed by atoms with E-state index in [1.807, 2.05) is 0 Å². The van der Waals surface area contributed by atoms with E-state index in [0.29, 0.717) is 10.2 Å². The predicted molar refractivity (Wildman–Crippen MR) is 60.7 cm³/mol. The molecule has 0 unspecified atom stereocenters. The Labute approximate surface area is 100 Å². The Balaban J connectivity index is 2.41. The van der Waals surface area contributed by atoms with E-state index < -0.39 is 5.82 Å². The zero-order chi connectivity index (χ0) is 11.7. The third-order valence-electron chi connectivity index (χ3n) is 2.07. The van der Waals surface area contributed by atoms with Crippen molar-refractivity contribution in [2.24, 2.45) is 7.05 Å². The Bertz CT molecular complexity index is 530. The van der Waals surface area contributed by atoms with E-state index >= 15 is 0 Å². The second kappa shape index (κ2) is 4.17. The Morgan fingerprint density at radius 3 is 2.75 bits per heavy atom. The quantitative estimate of drug-likeness (QED) is 0.794. The molecule has 0 spiro atoms. The molecular weight excluding hydrogens is 275 g/mol. The molecule has 0 radical (unpaired) electrons. The normalized spacial score (nSPS) is 10.4. The summed E-state index contributed by atoms with van der Waals surface area (Å²) in [5, 5.41) is 3.98. The molecule has 0 saturated heterocycles. The van der Waals surface area contributed by atoms with Crippen LogP contribution in [0.2, 0.25) is 0 Å². The van der Waals surface area contributed by atoms with Crippen LogP contribution in [0, 0.1) is 5.82 Å². The number of carbonyl (C=O) groups is 1. The summed E-state index contributed by atoms with van der Waals surface area (Å²) in [6.07, 6.45) is 1.67. The number of ketones is 1. The third kappa shape index (κ3) is 2.19. The minimum atomic E-state index is -0.450. The van der Waals surface area contributed by atoms with Gasteiger partial charge in [0.15, 0.2) is 0 Å². The lowest BCUT2D eigenvalue weighted by Crippen LogP contribution is -2.04. The highest BCUT2D eigenvalue weighted by atomic mass is 79.9. The van der Waals surface area contributed by atoms with Crippen LogP contribution in [0.5, 0.6) is 0 Å². The van der Waals surface area contributed by atoms with Gasteiger partial charge in [0.25, 0.3) is 0 Å². The number of hydrogen-bond donors (Lipinski definition) is 0. The molecule has 0 fully saturated rings. The highest BCUT2D eigenvalue weighted by Crippen LogP contribution is 2.17. The summed E-state index contributed by atoms with van der Waals surface area (Å²) >= 11 is 3.14. The Morgan fingerprint density at radius 1 is 1.44 bits per heavy atom. The zero-order valence-corrected chi connectivity index (χ0v) is 10.0. The Kier molecular flexibility index (Phi) is 2.87. The predicted octanol–water partition coefficient (Wildman–Crippen LogP) is 2.55. The van der Waals surface area contributed by atoms with E-state index in [1.165, 1.54) is 16.8 Å². The van der Waals surface area contributed by atoms with Crippen molar-refractivity contribution in [3.05, 3.63) is 52.0 Å². The molecule has 0 aliphatic heterocycles. The molecule has 2 aromatic rings. The molecule has 0 bridgehead atoms. The standard InChI is InChI=1S/C11H8BrFN2O/c1-15-3-2-10(14-15)11(16)7-4-8(12)6-9(13)5-7/h2-6H,1H3. The summed E-state index contributed by atoms with van der Waals surface area (Å²) in [6.45, 7) is 0. The fourth-order valence-electron chi connectivity index (χ4n) is 1.37. The fourth-order valence-corrected chi connectivity index (χ4v) is 1.83. The SMILES string of the molecule is Cn1ccc(C(=O)c2cc(F)cc(Br)c2)n1. The van der Waals surface area contributed by atoms with Crippen LogP contribution in [0.25, 0.3) is 0 Å². The molecule has 1 aromatic carbocycles. The van der Waals surface area contributed by atoms with Gasteiger partial charge in [-0.3, -0.25) is 9.48 Å². The van der Waals surface area contributed by atoms with Crippen LogP contribution in [0.1, 0.15) is 16.1 Å². The third-order valence-corrected chi connectivity index (χ3v) is 2.53. The van der Waals surface area contributed by atoms with Crippen molar-refractivity contribution in [3.8, 4) is 0 Å². The molecule has 1 heterocycles. The molecule has 0 aliphatic rings. The van der Waals surface area contributed by atoms with Crippen LogP contribution >= 0.6 is 15.9 Å². The average Bonchev–Trinajstić information content (AvgIpc) is 2.62.